The average molecular weight is 444 g/mol. The molecule has 6 nitrogen and oxygen atoms in total. The summed E-state index contributed by atoms with van der Waals surface area (Å²) in [5, 5.41) is 11.8. The van der Waals surface area contributed by atoms with Crippen molar-refractivity contribution in [1.29, 1.82) is 0 Å². The zero-order chi connectivity index (χ0) is 22.6. The predicted octanol–water partition coefficient (Wildman–Crippen LogP) is 3.02. The third-order valence-electron chi connectivity index (χ3n) is 7.89. The second-order valence-corrected chi connectivity index (χ2v) is 9.42. The molecule has 1 spiro atoms. The molecule has 7 rings (SSSR count). The Morgan fingerprint density at radius 3 is 2.88 bits per heavy atom. The van der Waals surface area contributed by atoms with E-state index in [0.29, 0.717) is 17.7 Å². The van der Waals surface area contributed by atoms with E-state index < -0.39 is 6.10 Å². The van der Waals surface area contributed by atoms with Gasteiger partial charge >= 0.3 is 0 Å². The molecule has 2 bridgehead atoms. The highest BCUT2D eigenvalue weighted by Gasteiger charge is 2.64. The number of hydrogen-bond acceptors (Lipinski definition) is 6. The van der Waals surface area contributed by atoms with Crippen molar-refractivity contribution >= 4 is 10.9 Å². The molecule has 170 valence electrons. The van der Waals surface area contributed by atoms with Crippen LogP contribution in [0.15, 0.2) is 66.9 Å². The molecule has 2 aliphatic heterocycles. The van der Waals surface area contributed by atoms with Crippen LogP contribution in [0.2, 0.25) is 0 Å². The summed E-state index contributed by atoms with van der Waals surface area (Å²) in [5.74, 6) is 1.91. The van der Waals surface area contributed by atoms with E-state index in [0.717, 1.165) is 30.7 Å². The van der Waals surface area contributed by atoms with E-state index in [1.807, 2.05) is 42.6 Å². The van der Waals surface area contributed by atoms with Crippen molar-refractivity contribution in [3.63, 3.8) is 0 Å². The van der Waals surface area contributed by atoms with E-state index in [2.05, 4.69) is 41.2 Å². The smallest absolute Gasteiger partial charge is 0.166 e. The van der Waals surface area contributed by atoms with Crippen molar-refractivity contribution in [2.24, 2.45) is 11.7 Å². The molecule has 5 atom stereocenters. The second-order valence-electron chi connectivity index (χ2n) is 9.42. The lowest BCUT2D eigenvalue weighted by atomic mass is 9.53. The molecule has 3 heterocycles. The summed E-state index contributed by atoms with van der Waals surface area (Å²) in [4.78, 5) is 6.64. The number of benzene rings is 2. The monoisotopic (exact) mass is 443 g/mol. The van der Waals surface area contributed by atoms with Crippen molar-refractivity contribution in [1.82, 2.24) is 9.88 Å². The lowest BCUT2D eigenvalue weighted by Gasteiger charge is -2.56. The molecule has 1 fully saturated rings. The normalized spacial score (nSPS) is 30.8. The number of aliphatic hydroxyl groups excluding tert-OH is 1. The number of rotatable bonds is 2. The number of pyridine rings is 1. The van der Waals surface area contributed by atoms with Crippen molar-refractivity contribution in [3.05, 3.63) is 78.0 Å². The first-order chi connectivity index (χ1) is 16.1. The van der Waals surface area contributed by atoms with Crippen LogP contribution in [-0.2, 0) is 11.8 Å². The highest BCUT2D eigenvalue weighted by molar-refractivity contribution is 5.77. The van der Waals surface area contributed by atoms with Crippen molar-refractivity contribution < 1.29 is 14.6 Å². The van der Waals surface area contributed by atoms with Gasteiger partial charge in [-0.1, -0.05) is 42.5 Å². The fourth-order valence-electron chi connectivity index (χ4n) is 6.45. The molecule has 33 heavy (non-hydrogen) atoms. The van der Waals surface area contributed by atoms with Gasteiger partial charge in [-0.15, -0.1) is 0 Å². The van der Waals surface area contributed by atoms with Gasteiger partial charge in [-0.3, -0.25) is 10.7 Å². The van der Waals surface area contributed by atoms with Crippen LogP contribution < -0.4 is 15.2 Å². The van der Waals surface area contributed by atoms with Crippen LogP contribution in [0.1, 0.15) is 17.5 Å². The van der Waals surface area contributed by atoms with Crippen molar-refractivity contribution in [2.45, 2.75) is 36.5 Å². The van der Waals surface area contributed by atoms with Gasteiger partial charge in [0, 0.05) is 34.5 Å². The van der Waals surface area contributed by atoms with Crippen LogP contribution in [0.3, 0.4) is 0 Å². The number of fused-ring (bicyclic) bond motifs is 1. The SMILES string of the molecule is CN1CC[C@]23c4c5ccc(OCN)c4O[C@H]2[C@@H](O)C=C[C@H]3[C@H]1C5.c1ccc2ncccc2c1. The van der Waals surface area contributed by atoms with Gasteiger partial charge < -0.3 is 19.5 Å². The summed E-state index contributed by atoms with van der Waals surface area (Å²) in [7, 11) is 2.21. The topological polar surface area (TPSA) is 80.8 Å². The Hall–Kier alpha value is -2.93. The first-order valence-corrected chi connectivity index (χ1v) is 11.7. The summed E-state index contributed by atoms with van der Waals surface area (Å²) >= 11 is 0. The third-order valence-corrected chi connectivity index (χ3v) is 7.89. The van der Waals surface area contributed by atoms with Gasteiger partial charge in [-0.2, -0.15) is 0 Å². The largest absolute Gasteiger partial charge is 0.482 e. The lowest BCUT2D eigenvalue weighted by Crippen LogP contribution is -2.64. The molecule has 1 saturated heterocycles. The van der Waals surface area contributed by atoms with Crippen LogP contribution in [0.25, 0.3) is 10.9 Å². The third kappa shape index (κ3) is 3.01. The van der Waals surface area contributed by atoms with E-state index in [1.54, 1.807) is 0 Å². The van der Waals surface area contributed by atoms with Gasteiger partial charge in [0.25, 0.3) is 0 Å². The minimum Gasteiger partial charge on any atom is -0.482 e. The summed E-state index contributed by atoms with van der Waals surface area (Å²) in [5.41, 5.74) is 9.12. The minimum absolute atomic E-state index is 0.123. The van der Waals surface area contributed by atoms with E-state index in [-0.39, 0.29) is 18.2 Å². The van der Waals surface area contributed by atoms with Crippen LogP contribution in [-0.4, -0.2) is 53.6 Å². The van der Waals surface area contributed by atoms with Crippen LogP contribution in [0.4, 0.5) is 0 Å². The Morgan fingerprint density at radius 1 is 1.18 bits per heavy atom. The fraction of sp³-hybridized carbons (Fsp3) is 0.370. The van der Waals surface area contributed by atoms with Gasteiger partial charge in [-0.05, 0) is 50.2 Å². The highest BCUT2D eigenvalue weighted by Crippen LogP contribution is 2.62. The van der Waals surface area contributed by atoms with Gasteiger partial charge in [0.2, 0.25) is 0 Å². The molecule has 2 aliphatic carbocycles. The molecule has 0 radical (unpaired) electrons. The number of ether oxygens (including phenoxy) is 2. The zero-order valence-corrected chi connectivity index (χ0v) is 18.7. The number of nitrogens with zero attached hydrogens (tertiary/aromatic N) is 2. The molecule has 3 N–H and O–H groups in total. The van der Waals surface area contributed by atoms with Gasteiger partial charge in [0.1, 0.15) is 18.9 Å². The number of piperidine rings is 1. The highest BCUT2D eigenvalue weighted by atomic mass is 16.5. The molecule has 3 aromatic rings. The maximum absolute atomic E-state index is 10.6. The second kappa shape index (κ2) is 7.83. The van der Waals surface area contributed by atoms with E-state index in [4.69, 9.17) is 15.2 Å². The zero-order valence-electron chi connectivity index (χ0n) is 18.7. The molecule has 2 aromatic carbocycles. The Balaban J connectivity index is 0.000000173. The summed E-state index contributed by atoms with van der Waals surface area (Å²) in [6, 6.07) is 16.7. The predicted molar refractivity (Wildman–Crippen MR) is 127 cm³/mol. The Kier molecular flexibility index (Phi) is 4.91. The molecule has 0 amide bonds. The van der Waals surface area contributed by atoms with E-state index in [9.17, 15) is 5.11 Å². The lowest BCUT2D eigenvalue weighted by molar-refractivity contribution is -0.0453. The number of hydrogen-bond donors (Lipinski definition) is 2. The fourth-order valence-corrected chi connectivity index (χ4v) is 6.45. The number of likely N-dealkylation sites (tertiary alicyclic amines) is 1. The number of aromatic nitrogens is 1. The molecular formula is C27H29N3O3. The standard InChI is InChI=1S/C18H22N2O3.C9H7N/c1-20-7-6-18-11-3-4-13(21)17(18)23-16-14(22-9-19)5-2-10(15(16)18)8-12(11)20;1-2-6-9-8(4-1)5-3-7-10-9/h2-5,11-13,17,21H,6-9,19H2,1H3;1-7H/t11-,12+,13-,17-,18-;/m0./s1. The Morgan fingerprint density at radius 2 is 2.03 bits per heavy atom. The maximum atomic E-state index is 10.6. The van der Waals surface area contributed by atoms with E-state index in [1.165, 1.54) is 16.5 Å². The van der Waals surface area contributed by atoms with Crippen LogP contribution in [0, 0.1) is 5.92 Å². The van der Waals surface area contributed by atoms with Gasteiger partial charge in [-0.25, -0.2) is 0 Å². The molecular weight excluding hydrogens is 414 g/mol. The van der Waals surface area contributed by atoms with Gasteiger partial charge in [0.05, 0.1) is 5.52 Å². The molecule has 1 aromatic heterocycles. The summed E-state index contributed by atoms with van der Waals surface area (Å²) in [6.45, 7) is 1.16. The van der Waals surface area contributed by atoms with E-state index >= 15 is 0 Å². The molecule has 0 saturated carbocycles. The number of nitrogens with two attached hydrogens (primary N) is 1. The number of likely N-dealkylation sites (N-methyl/N-ethyl adjacent to an activating group) is 1. The first kappa shape index (κ1) is 20.7. The number of para-hydroxylation sites is 1. The molecule has 0 unspecified atom stereocenters. The van der Waals surface area contributed by atoms with Gasteiger partial charge in [0.15, 0.2) is 11.5 Å². The summed E-state index contributed by atoms with van der Waals surface area (Å²) in [6.07, 6.45) is 7.18. The molecule has 4 aliphatic rings. The molecule has 6 heteroatoms. The Labute approximate surface area is 193 Å². The Bertz CT molecular complexity index is 1160. The summed E-state index contributed by atoms with van der Waals surface area (Å²) < 4.78 is 11.9. The first-order valence-electron chi connectivity index (χ1n) is 11.7. The average Bonchev–Trinajstić information content (AvgIpc) is 3.20. The quantitative estimate of drug-likeness (QED) is 0.468. The van der Waals surface area contributed by atoms with Crippen molar-refractivity contribution in [2.75, 3.05) is 20.3 Å². The minimum atomic E-state index is -0.570. The number of aliphatic hydroxyl groups is 1. The van der Waals surface area contributed by atoms with Crippen LogP contribution >= 0.6 is 0 Å². The maximum Gasteiger partial charge on any atom is 0.166 e. The van der Waals surface area contributed by atoms with Crippen molar-refractivity contribution in [3.8, 4) is 11.5 Å². The van der Waals surface area contributed by atoms with Crippen LogP contribution in [0.5, 0.6) is 11.5 Å².